The Hall–Kier alpha value is -4.24. The van der Waals surface area contributed by atoms with E-state index < -0.39 is 24.4 Å². The molecule has 2 amide bonds. The summed E-state index contributed by atoms with van der Waals surface area (Å²) in [5.41, 5.74) is 2.58. The SMILES string of the molecule is O=C(COC(=O)/C=C/c1cn(Cc2ccccc2)nc1-c1cccs1)NC(=O)c1ccco1. The second-order valence-electron chi connectivity index (χ2n) is 6.89. The first-order chi connectivity index (χ1) is 16.1. The number of imide groups is 1. The lowest BCUT2D eigenvalue weighted by Gasteiger charge is -2.02. The van der Waals surface area contributed by atoms with Gasteiger partial charge >= 0.3 is 5.97 Å². The number of thiophene rings is 1. The average Bonchev–Trinajstić information content (AvgIpc) is 3.59. The van der Waals surface area contributed by atoms with Crippen LogP contribution in [0.25, 0.3) is 16.6 Å². The summed E-state index contributed by atoms with van der Waals surface area (Å²) in [6, 6.07) is 16.7. The Morgan fingerprint density at radius 1 is 1.09 bits per heavy atom. The van der Waals surface area contributed by atoms with Gasteiger partial charge in [-0.05, 0) is 35.2 Å². The maximum Gasteiger partial charge on any atom is 0.331 e. The predicted molar refractivity (Wildman–Crippen MR) is 122 cm³/mol. The van der Waals surface area contributed by atoms with Crippen molar-refractivity contribution in [2.24, 2.45) is 0 Å². The molecule has 0 saturated heterocycles. The number of carbonyl (C=O) groups excluding carboxylic acids is 3. The number of nitrogens with one attached hydrogen (secondary N) is 1. The van der Waals surface area contributed by atoms with Gasteiger partial charge in [-0.2, -0.15) is 5.10 Å². The molecule has 1 N–H and O–H groups in total. The summed E-state index contributed by atoms with van der Waals surface area (Å²) < 4.78 is 11.6. The van der Waals surface area contributed by atoms with Gasteiger partial charge in [0.05, 0.1) is 17.7 Å². The molecule has 0 spiro atoms. The highest BCUT2D eigenvalue weighted by atomic mass is 32.1. The third kappa shape index (κ3) is 5.92. The lowest BCUT2D eigenvalue weighted by molar-refractivity contribution is -0.143. The van der Waals surface area contributed by atoms with Crippen molar-refractivity contribution in [3.05, 3.63) is 95.4 Å². The topological polar surface area (TPSA) is 103 Å². The molecule has 9 heteroatoms. The molecule has 4 aromatic rings. The van der Waals surface area contributed by atoms with Crippen LogP contribution in [0.5, 0.6) is 0 Å². The van der Waals surface area contributed by atoms with Crippen LogP contribution in [0.4, 0.5) is 0 Å². The molecule has 0 aliphatic rings. The van der Waals surface area contributed by atoms with Crippen LogP contribution in [0.1, 0.15) is 21.7 Å². The van der Waals surface area contributed by atoms with Crippen LogP contribution in [0.15, 0.2) is 82.9 Å². The highest BCUT2D eigenvalue weighted by molar-refractivity contribution is 7.13. The number of hydrogen-bond acceptors (Lipinski definition) is 7. The minimum absolute atomic E-state index is 0.0109. The monoisotopic (exact) mass is 461 g/mol. The summed E-state index contributed by atoms with van der Waals surface area (Å²) in [6.07, 6.45) is 5.98. The molecule has 3 heterocycles. The lowest BCUT2D eigenvalue weighted by Crippen LogP contribution is -2.33. The van der Waals surface area contributed by atoms with E-state index in [1.165, 1.54) is 24.5 Å². The van der Waals surface area contributed by atoms with Crippen molar-refractivity contribution in [2.45, 2.75) is 6.54 Å². The number of rotatable bonds is 8. The smallest absolute Gasteiger partial charge is 0.331 e. The van der Waals surface area contributed by atoms with Gasteiger partial charge < -0.3 is 9.15 Å². The second-order valence-corrected chi connectivity index (χ2v) is 7.84. The van der Waals surface area contributed by atoms with Crippen molar-refractivity contribution < 1.29 is 23.5 Å². The largest absolute Gasteiger partial charge is 0.459 e. The van der Waals surface area contributed by atoms with Gasteiger partial charge in [0.1, 0.15) is 5.69 Å². The van der Waals surface area contributed by atoms with Gasteiger partial charge in [0.2, 0.25) is 0 Å². The zero-order valence-electron chi connectivity index (χ0n) is 17.3. The molecule has 1 aromatic carbocycles. The zero-order valence-corrected chi connectivity index (χ0v) is 18.2. The second kappa shape index (κ2) is 10.4. The van der Waals surface area contributed by atoms with E-state index in [0.29, 0.717) is 6.54 Å². The third-order valence-electron chi connectivity index (χ3n) is 4.47. The van der Waals surface area contributed by atoms with E-state index in [1.807, 2.05) is 58.7 Å². The first-order valence-corrected chi connectivity index (χ1v) is 10.8. The fourth-order valence-corrected chi connectivity index (χ4v) is 3.72. The van der Waals surface area contributed by atoms with Gasteiger partial charge in [0, 0.05) is 17.8 Å². The Bertz CT molecular complexity index is 1260. The Balaban J connectivity index is 1.39. The quantitative estimate of drug-likeness (QED) is 0.317. The molecule has 0 aliphatic heterocycles. The van der Waals surface area contributed by atoms with Gasteiger partial charge in [-0.15, -0.1) is 11.3 Å². The maximum atomic E-state index is 12.1. The van der Waals surface area contributed by atoms with Crippen LogP contribution in [0, 0.1) is 0 Å². The summed E-state index contributed by atoms with van der Waals surface area (Å²) >= 11 is 1.54. The molecule has 0 aliphatic carbocycles. The maximum absolute atomic E-state index is 12.1. The number of nitrogens with zero attached hydrogens (tertiary/aromatic N) is 2. The first kappa shape index (κ1) is 22.0. The Morgan fingerprint density at radius 2 is 1.94 bits per heavy atom. The molecule has 33 heavy (non-hydrogen) atoms. The molecule has 3 aromatic heterocycles. The highest BCUT2D eigenvalue weighted by Gasteiger charge is 2.14. The van der Waals surface area contributed by atoms with Gasteiger partial charge in [0.15, 0.2) is 12.4 Å². The summed E-state index contributed by atoms with van der Waals surface area (Å²) in [7, 11) is 0. The van der Waals surface area contributed by atoms with Gasteiger partial charge in [-0.1, -0.05) is 36.4 Å². The molecule has 0 atom stereocenters. The fraction of sp³-hybridized carbons (Fsp3) is 0.0833. The molecule has 0 unspecified atom stereocenters. The lowest BCUT2D eigenvalue weighted by atomic mass is 10.2. The van der Waals surface area contributed by atoms with E-state index in [4.69, 9.17) is 9.15 Å². The molecule has 166 valence electrons. The van der Waals surface area contributed by atoms with Gasteiger partial charge in [0.25, 0.3) is 11.8 Å². The molecular formula is C24H19N3O5S. The fourth-order valence-electron chi connectivity index (χ4n) is 2.99. The molecular weight excluding hydrogens is 442 g/mol. The van der Waals surface area contributed by atoms with Crippen molar-refractivity contribution in [2.75, 3.05) is 6.61 Å². The molecule has 0 saturated carbocycles. The Labute approximate surface area is 193 Å². The predicted octanol–water partition coefficient (Wildman–Crippen LogP) is 3.77. The van der Waals surface area contributed by atoms with Crippen molar-refractivity contribution in [1.82, 2.24) is 15.1 Å². The van der Waals surface area contributed by atoms with Crippen LogP contribution in [0.3, 0.4) is 0 Å². The number of ether oxygens (including phenoxy) is 1. The normalized spacial score (nSPS) is 10.9. The molecule has 0 radical (unpaired) electrons. The zero-order chi connectivity index (χ0) is 23.0. The highest BCUT2D eigenvalue weighted by Crippen LogP contribution is 2.27. The minimum Gasteiger partial charge on any atom is -0.459 e. The minimum atomic E-state index is -0.756. The van der Waals surface area contributed by atoms with E-state index in [9.17, 15) is 14.4 Å². The van der Waals surface area contributed by atoms with E-state index >= 15 is 0 Å². The number of esters is 1. The van der Waals surface area contributed by atoms with E-state index in [2.05, 4.69) is 10.4 Å². The summed E-state index contributed by atoms with van der Waals surface area (Å²) in [6.45, 7) is -0.0119. The molecule has 4 rings (SSSR count). The molecule has 8 nitrogen and oxygen atoms in total. The standard InChI is InChI=1S/C24H19N3O5S/c28-21(25-24(30)19-8-4-12-31-19)16-32-22(29)11-10-18-15-27(14-17-6-2-1-3-7-17)26-23(18)20-9-5-13-33-20/h1-13,15H,14,16H2,(H,25,28,30)/b11-10+. The number of furan rings is 1. The van der Waals surface area contributed by atoms with Crippen LogP contribution >= 0.6 is 11.3 Å². The number of benzene rings is 1. The first-order valence-electron chi connectivity index (χ1n) is 9.96. The summed E-state index contributed by atoms with van der Waals surface area (Å²) in [5, 5.41) is 8.71. The summed E-state index contributed by atoms with van der Waals surface area (Å²) in [4.78, 5) is 36.7. The van der Waals surface area contributed by atoms with Crippen LogP contribution in [-0.4, -0.2) is 34.2 Å². The van der Waals surface area contributed by atoms with Crippen molar-refractivity contribution in [3.8, 4) is 10.6 Å². The average molecular weight is 461 g/mol. The number of amides is 2. The Kier molecular flexibility index (Phi) is 6.91. The third-order valence-corrected chi connectivity index (χ3v) is 5.35. The van der Waals surface area contributed by atoms with E-state index in [-0.39, 0.29) is 5.76 Å². The van der Waals surface area contributed by atoms with E-state index in [0.717, 1.165) is 21.7 Å². The van der Waals surface area contributed by atoms with Crippen molar-refractivity contribution in [1.29, 1.82) is 0 Å². The van der Waals surface area contributed by atoms with Crippen LogP contribution in [0.2, 0.25) is 0 Å². The summed E-state index contributed by atoms with van der Waals surface area (Å²) in [5.74, 6) is -2.19. The van der Waals surface area contributed by atoms with Gasteiger partial charge in [-0.3, -0.25) is 19.6 Å². The molecule has 0 bridgehead atoms. The Morgan fingerprint density at radius 3 is 2.67 bits per heavy atom. The van der Waals surface area contributed by atoms with Crippen LogP contribution in [-0.2, 0) is 20.9 Å². The molecule has 0 fully saturated rings. The number of carbonyl (C=O) groups is 3. The van der Waals surface area contributed by atoms with Crippen molar-refractivity contribution >= 4 is 35.2 Å². The number of hydrogen-bond donors (Lipinski definition) is 1. The van der Waals surface area contributed by atoms with Gasteiger partial charge in [-0.25, -0.2) is 4.79 Å². The van der Waals surface area contributed by atoms with E-state index in [1.54, 1.807) is 17.4 Å². The van der Waals surface area contributed by atoms with Crippen molar-refractivity contribution in [3.63, 3.8) is 0 Å². The number of aromatic nitrogens is 2. The van der Waals surface area contributed by atoms with Crippen LogP contribution < -0.4 is 5.32 Å².